The summed E-state index contributed by atoms with van der Waals surface area (Å²) in [5.74, 6) is 0. The van der Waals surface area contributed by atoms with Crippen molar-refractivity contribution in [1.29, 1.82) is 0 Å². The first-order chi connectivity index (χ1) is 9.70. The summed E-state index contributed by atoms with van der Waals surface area (Å²) < 4.78 is 2.39. The second-order valence-corrected chi connectivity index (χ2v) is 5.65. The Morgan fingerprint density at radius 3 is 2.43 bits per heavy atom. The summed E-state index contributed by atoms with van der Waals surface area (Å²) in [6.07, 6.45) is 0. The SMILES string of the molecule is CCn1c2ccccc2c2cc(CNC(C)C)ccc21.Cl. The zero-order valence-corrected chi connectivity index (χ0v) is 13.7. The van der Waals surface area contributed by atoms with Gasteiger partial charge in [-0.15, -0.1) is 12.4 Å². The summed E-state index contributed by atoms with van der Waals surface area (Å²) in [7, 11) is 0. The number of fused-ring (bicyclic) bond motifs is 3. The van der Waals surface area contributed by atoms with Gasteiger partial charge in [0.25, 0.3) is 0 Å². The number of benzene rings is 2. The first-order valence-corrected chi connectivity index (χ1v) is 7.44. The topological polar surface area (TPSA) is 17.0 Å². The molecule has 0 saturated carbocycles. The van der Waals surface area contributed by atoms with Crippen LogP contribution in [0.15, 0.2) is 42.5 Å². The molecule has 1 N–H and O–H groups in total. The van der Waals surface area contributed by atoms with Crippen LogP contribution in [0, 0.1) is 0 Å². The summed E-state index contributed by atoms with van der Waals surface area (Å²) in [5.41, 5.74) is 4.02. The standard InChI is InChI=1S/C18H22N2.ClH/c1-4-20-17-8-6-5-7-15(17)16-11-14(9-10-18(16)20)12-19-13(2)3;/h5-11,13,19H,4,12H2,1-3H3;1H. The number of halogens is 1. The predicted molar refractivity (Wildman–Crippen MR) is 94.3 cm³/mol. The Hall–Kier alpha value is -1.51. The van der Waals surface area contributed by atoms with Gasteiger partial charge in [0.05, 0.1) is 0 Å². The third-order valence-corrected chi connectivity index (χ3v) is 3.87. The summed E-state index contributed by atoms with van der Waals surface area (Å²) in [6.45, 7) is 8.51. The van der Waals surface area contributed by atoms with E-state index in [1.165, 1.54) is 27.4 Å². The van der Waals surface area contributed by atoms with Crippen molar-refractivity contribution >= 4 is 34.2 Å². The lowest BCUT2D eigenvalue weighted by molar-refractivity contribution is 0.589. The van der Waals surface area contributed by atoms with Gasteiger partial charge < -0.3 is 9.88 Å². The highest BCUT2D eigenvalue weighted by atomic mass is 35.5. The van der Waals surface area contributed by atoms with E-state index >= 15 is 0 Å². The van der Waals surface area contributed by atoms with Gasteiger partial charge in [0.1, 0.15) is 0 Å². The fourth-order valence-electron chi connectivity index (χ4n) is 2.87. The van der Waals surface area contributed by atoms with Crippen LogP contribution in [0.4, 0.5) is 0 Å². The van der Waals surface area contributed by atoms with E-state index in [9.17, 15) is 0 Å². The van der Waals surface area contributed by atoms with Gasteiger partial charge in [-0.05, 0) is 30.7 Å². The minimum Gasteiger partial charge on any atom is -0.341 e. The Balaban J connectivity index is 0.00000161. The molecule has 0 radical (unpaired) electrons. The van der Waals surface area contributed by atoms with E-state index in [0.29, 0.717) is 6.04 Å². The lowest BCUT2D eigenvalue weighted by Gasteiger charge is -2.08. The number of para-hydroxylation sites is 1. The maximum atomic E-state index is 3.49. The summed E-state index contributed by atoms with van der Waals surface area (Å²) in [4.78, 5) is 0. The molecule has 3 aromatic rings. The number of hydrogen-bond acceptors (Lipinski definition) is 1. The zero-order chi connectivity index (χ0) is 14.1. The van der Waals surface area contributed by atoms with Gasteiger partial charge in [0.15, 0.2) is 0 Å². The van der Waals surface area contributed by atoms with Crippen LogP contribution in [0.5, 0.6) is 0 Å². The molecule has 112 valence electrons. The van der Waals surface area contributed by atoms with Crippen LogP contribution in [0.25, 0.3) is 21.8 Å². The van der Waals surface area contributed by atoms with Crippen molar-refractivity contribution in [3.8, 4) is 0 Å². The normalized spacial score (nSPS) is 11.2. The summed E-state index contributed by atoms with van der Waals surface area (Å²) in [6, 6.07) is 16.0. The van der Waals surface area contributed by atoms with Crippen LogP contribution in [0.1, 0.15) is 26.3 Å². The van der Waals surface area contributed by atoms with Crippen molar-refractivity contribution in [3.63, 3.8) is 0 Å². The Morgan fingerprint density at radius 1 is 1.00 bits per heavy atom. The lowest BCUT2D eigenvalue weighted by Crippen LogP contribution is -2.21. The van der Waals surface area contributed by atoms with Crippen LogP contribution >= 0.6 is 12.4 Å². The van der Waals surface area contributed by atoms with Gasteiger partial charge in [-0.25, -0.2) is 0 Å². The van der Waals surface area contributed by atoms with Crippen molar-refractivity contribution in [1.82, 2.24) is 9.88 Å². The Kier molecular flexibility index (Phi) is 4.92. The van der Waals surface area contributed by atoms with Crippen molar-refractivity contribution < 1.29 is 0 Å². The predicted octanol–water partition coefficient (Wildman–Crippen LogP) is 4.73. The molecule has 2 aromatic carbocycles. The zero-order valence-electron chi connectivity index (χ0n) is 12.9. The van der Waals surface area contributed by atoms with E-state index < -0.39 is 0 Å². The average Bonchev–Trinajstić information content (AvgIpc) is 2.78. The second-order valence-electron chi connectivity index (χ2n) is 5.65. The quantitative estimate of drug-likeness (QED) is 0.737. The molecule has 0 aliphatic heterocycles. The first-order valence-electron chi connectivity index (χ1n) is 7.44. The molecule has 1 aromatic heterocycles. The van der Waals surface area contributed by atoms with Gasteiger partial charge in [0.2, 0.25) is 0 Å². The molecule has 3 heteroatoms. The molecule has 0 aliphatic rings. The van der Waals surface area contributed by atoms with E-state index in [4.69, 9.17) is 0 Å². The number of aryl methyl sites for hydroxylation is 1. The molecular weight excluding hydrogens is 280 g/mol. The van der Waals surface area contributed by atoms with Crippen LogP contribution in [0.2, 0.25) is 0 Å². The van der Waals surface area contributed by atoms with E-state index in [0.717, 1.165) is 13.1 Å². The molecule has 0 atom stereocenters. The first kappa shape index (κ1) is 15.9. The number of hydrogen-bond donors (Lipinski definition) is 1. The molecule has 1 heterocycles. The molecule has 0 saturated heterocycles. The fourth-order valence-corrected chi connectivity index (χ4v) is 2.87. The van der Waals surface area contributed by atoms with E-state index in [1.54, 1.807) is 0 Å². The minimum absolute atomic E-state index is 0. The molecule has 2 nitrogen and oxygen atoms in total. The van der Waals surface area contributed by atoms with Crippen LogP contribution in [-0.4, -0.2) is 10.6 Å². The maximum Gasteiger partial charge on any atom is 0.0491 e. The highest BCUT2D eigenvalue weighted by Crippen LogP contribution is 2.29. The molecular formula is C18H23ClN2. The van der Waals surface area contributed by atoms with Gasteiger partial charge >= 0.3 is 0 Å². The second kappa shape index (κ2) is 6.50. The van der Waals surface area contributed by atoms with E-state index in [1.807, 2.05) is 0 Å². The van der Waals surface area contributed by atoms with E-state index in [2.05, 4.69) is 73.1 Å². The summed E-state index contributed by atoms with van der Waals surface area (Å²) >= 11 is 0. The molecule has 0 unspecified atom stereocenters. The van der Waals surface area contributed by atoms with Gasteiger partial charge in [-0.2, -0.15) is 0 Å². The van der Waals surface area contributed by atoms with Crippen LogP contribution in [0.3, 0.4) is 0 Å². The van der Waals surface area contributed by atoms with Crippen molar-refractivity contribution in [3.05, 3.63) is 48.0 Å². The van der Waals surface area contributed by atoms with Crippen molar-refractivity contribution in [2.75, 3.05) is 0 Å². The number of rotatable bonds is 4. The molecule has 0 aliphatic carbocycles. The monoisotopic (exact) mass is 302 g/mol. The average molecular weight is 303 g/mol. The smallest absolute Gasteiger partial charge is 0.0491 e. The van der Waals surface area contributed by atoms with Crippen molar-refractivity contribution in [2.45, 2.75) is 39.9 Å². The van der Waals surface area contributed by atoms with Crippen LogP contribution in [-0.2, 0) is 13.1 Å². The van der Waals surface area contributed by atoms with Gasteiger partial charge in [0, 0.05) is 40.9 Å². The third-order valence-electron chi connectivity index (χ3n) is 3.87. The number of aromatic nitrogens is 1. The van der Waals surface area contributed by atoms with Crippen molar-refractivity contribution in [2.24, 2.45) is 0 Å². The maximum absolute atomic E-state index is 3.49. The highest BCUT2D eigenvalue weighted by molar-refractivity contribution is 6.08. The van der Waals surface area contributed by atoms with E-state index in [-0.39, 0.29) is 12.4 Å². The minimum atomic E-state index is 0. The number of nitrogens with zero attached hydrogens (tertiary/aromatic N) is 1. The molecule has 0 spiro atoms. The largest absolute Gasteiger partial charge is 0.341 e. The highest BCUT2D eigenvalue weighted by Gasteiger charge is 2.09. The lowest BCUT2D eigenvalue weighted by atomic mass is 10.1. The number of nitrogens with one attached hydrogen (secondary N) is 1. The fraction of sp³-hybridized carbons (Fsp3) is 0.333. The Labute approximate surface area is 132 Å². The Morgan fingerprint density at radius 2 is 1.71 bits per heavy atom. The third kappa shape index (κ3) is 2.92. The Bertz CT molecular complexity index is 743. The summed E-state index contributed by atoms with van der Waals surface area (Å²) in [5, 5.41) is 6.21. The van der Waals surface area contributed by atoms with Gasteiger partial charge in [-0.3, -0.25) is 0 Å². The molecule has 21 heavy (non-hydrogen) atoms. The molecule has 0 fully saturated rings. The molecule has 0 amide bonds. The van der Waals surface area contributed by atoms with Gasteiger partial charge in [-0.1, -0.05) is 38.1 Å². The molecule has 0 bridgehead atoms. The van der Waals surface area contributed by atoms with Crippen LogP contribution < -0.4 is 5.32 Å². The molecule has 3 rings (SSSR count).